The van der Waals surface area contributed by atoms with Crippen LogP contribution in [0.3, 0.4) is 0 Å². The number of nitro benzene ring substituents is 1. The molecule has 1 aliphatic rings. The fourth-order valence-electron chi connectivity index (χ4n) is 4.50. The monoisotopic (exact) mass is 527 g/mol. The van der Waals surface area contributed by atoms with Gasteiger partial charge in [-0.25, -0.2) is 0 Å². The number of piperidine rings is 1. The van der Waals surface area contributed by atoms with Crippen molar-refractivity contribution in [3.63, 3.8) is 0 Å². The molecule has 11 heteroatoms. The van der Waals surface area contributed by atoms with E-state index in [1.54, 1.807) is 34.4 Å². The molecule has 3 heterocycles. The summed E-state index contributed by atoms with van der Waals surface area (Å²) in [6.07, 6.45) is 1.21. The lowest BCUT2D eigenvalue weighted by Crippen LogP contribution is -2.57. The molecule has 9 nitrogen and oxygen atoms in total. The van der Waals surface area contributed by atoms with Crippen molar-refractivity contribution in [1.29, 1.82) is 0 Å². The van der Waals surface area contributed by atoms with Crippen LogP contribution in [0.5, 0.6) is 0 Å². The van der Waals surface area contributed by atoms with Crippen LogP contribution in [0.2, 0.25) is 0 Å². The summed E-state index contributed by atoms with van der Waals surface area (Å²) < 4.78 is 0. The summed E-state index contributed by atoms with van der Waals surface area (Å²) in [5.74, 6) is -0.321. The highest BCUT2D eigenvalue weighted by Gasteiger charge is 2.38. The summed E-state index contributed by atoms with van der Waals surface area (Å²) in [6, 6.07) is 13.7. The summed E-state index contributed by atoms with van der Waals surface area (Å²) in [5.41, 5.74) is 6.61. The molecule has 2 aromatic heterocycles. The summed E-state index contributed by atoms with van der Waals surface area (Å²) in [5, 5.41) is 17.8. The van der Waals surface area contributed by atoms with Crippen LogP contribution in [-0.2, 0) is 17.9 Å². The molecule has 1 aliphatic heterocycles. The van der Waals surface area contributed by atoms with Crippen molar-refractivity contribution >= 4 is 40.2 Å². The first-order valence-electron chi connectivity index (χ1n) is 11.8. The highest BCUT2D eigenvalue weighted by molar-refractivity contribution is 7.12. The van der Waals surface area contributed by atoms with Gasteiger partial charge in [0, 0.05) is 55.8 Å². The van der Waals surface area contributed by atoms with E-state index in [9.17, 15) is 19.7 Å². The summed E-state index contributed by atoms with van der Waals surface area (Å²) >= 11 is 3.04. The Bertz CT molecular complexity index is 1150. The summed E-state index contributed by atoms with van der Waals surface area (Å²) in [7, 11) is 0. The number of carbonyl (C=O) groups is 2. The molecule has 0 radical (unpaired) electrons. The number of nitrogens with one attached hydrogen (secondary N) is 1. The van der Waals surface area contributed by atoms with Crippen LogP contribution in [-0.4, -0.2) is 58.3 Å². The van der Waals surface area contributed by atoms with E-state index < -0.39 is 11.0 Å². The second kappa shape index (κ2) is 12.2. The van der Waals surface area contributed by atoms with Gasteiger partial charge >= 0.3 is 0 Å². The predicted octanol–water partition coefficient (Wildman–Crippen LogP) is 3.47. The zero-order valence-corrected chi connectivity index (χ0v) is 21.4. The van der Waals surface area contributed by atoms with Crippen molar-refractivity contribution in [2.24, 2.45) is 5.73 Å². The van der Waals surface area contributed by atoms with Gasteiger partial charge < -0.3 is 16.0 Å². The molecule has 1 unspecified atom stereocenters. The predicted molar refractivity (Wildman–Crippen MR) is 141 cm³/mol. The van der Waals surface area contributed by atoms with E-state index in [1.807, 2.05) is 22.9 Å². The lowest BCUT2D eigenvalue weighted by Gasteiger charge is -2.42. The van der Waals surface area contributed by atoms with Crippen molar-refractivity contribution in [2.75, 3.05) is 19.6 Å². The fraction of sp³-hybridized carbons (Fsp3) is 0.360. The Morgan fingerprint density at radius 3 is 2.50 bits per heavy atom. The number of rotatable bonds is 10. The molecule has 0 aliphatic carbocycles. The standard InChI is InChI=1S/C25H29N5O4S2/c26-10-11-27-24(31)22-15-20(9-12-29(22)25(32)23-4-2-14-36-23)28(17-21-3-1-13-35-21)16-18-5-7-19(8-6-18)30(33)34/h1-8,13-14,20,22H,9-12,15-17,26H2,(H,27,31)/t20?,22-/m1/s1. The van der Waals surface area contributed by atoms with Crippen LogP contribution >= 0.6 is 22.7 Å². The number of hydrogen-bond donors (Lipinski definition) is 2. The van der Waals surface area contributed by atoms with Crippen LogP contribution in [0, 0.1) is 10.1 Å². The third-order valence-corrected chi connectivity index (χ3v) is 8.02. The minimum atomic E-state index is -0.604. The first-order valence-corrected chi connectivity index (χ1v) is 13.5. The van der Waals surface area contributed by atoms with Crippen LogP contribution in [0.1, 0.15) is 33.0 Å². The van der Waals surface area contributed by atoms with Crippen LogP contribution < -0.4 is 11.1 Å². The van der Waals surface area contributed by atoms with Gasteiger partial charge in [0.05, 0.1) is 9.80 Å². The first-order chi connectivity index (χ1) is 17.5. The average molecular weight is 528 g/mol. The van der Waals surface area contributed by atoms with E-state index in [4.69, 9.17) is 5.73 Å². The third-order valence-electron chi connectivity index (χ3n) is 6.30. The number of carbonyl (C=O) groups excluding carboxylic acids is 2. The first kappa shape index (κ1) is 26.0. The van der Waals surface area contributed by atoms with E-state index >= 15 is 0 Å². The number of likely N-dealkylation sites (tertiary alicyclic amines) is 1. The quantitative estimate of drug-likeness (QED) is 0.308. The minimum Gasteiger partial charge on any atom is -0.353 e. The molecular weight excluding hydrogens is 498 g/mol. The summed E-state index contributed by atoms with van der Waals surface area (Å²) in [6.45, 7) is 2.41. The van der Waals surface area contributed by atoms with Gasteiger partial charge in [0.25, 0.3) is 11.6 Å². The molecule has 0 bridgehead atoms. The number of non-ortho nitro benzene ring substituents is 1. The maximum absolute atomic E-state index is 13.2. The Hall–Kier alpha value is -3.12. The van der Waals surface area contributed by atoms with Gasteiger partial charge in [-0.05, 0) is 41.3 Å². The van der Waals surface area contributed by atoms with E-state index in [0.717, 1.165) is 12.0 Å². The van der Waals surface area contributed by atoms with Crippen molar-refractivity contribution < 1.29 is 14.5 Å². The Balaban J connectivity index is 1.56. The van der Waals surface area contributed by atoms with Gasteiger partial charge in [0.1, 0.15) is 6.04 Å². The van der Waals surface area contributed by atoms with Gasteiger partial charge in [0.15, 0.2) is 0 Å². The summed E-state index contributed by atoms with van der Waals surface area (Å²) in [4.78, 5) is 42.8. The molecule has 3 aromatic rings. The zero-order chi connectivity index (χ0) is 25.5. The van der Waals surface area contributed by atoms with Crippen molar-refractivity contribution in [3.05, 3.63) is 84.7 Å². The fourth-order valence-corrected chi connectivity index (χ4v) is 5.91. The number of hydrogen-bond acceptors (Lipinski definition) is 8. The highest BCUT2D eigenvalue weighted by Crippen LogP contribution is 2.28. The highest BCUT2D eigenvalue weighted by atomic mass is 32.1. The number of amides is 2. The molecule has 1 fully saturated rings. The molecular formula is C25H29N5O4S2. The molecule has 1 aromatic carbocycles. The largest absolute Gasteiger partial charge is 0.353 e. The maximum Gasteiger partial charge on any atom is 0.269 e. The molecule has 3 N–H and O–H groups in total. The zero-order valence-electron chi connectivity index (χ0n) is 19.7. The van der Waals surface area contributed by atoms with E-state index in [0.29, 0.717) is 44.0 Å². The van der Waals surface area contributed by atoms with Gasteiger partial charge in [-0.15, -0.1) is 22.7 Å². The van der Waals surface area contributed by atoms with E-state index in [-0.39, 0.29) is 23.5 Å². The Morgan fingerprint density at radius 1 is 1.11 bits per heavy atom. The second-order valence-electron chi connectivity index (χ2n) is 8.66. The SMILES string of the molecule is NCCNC(=O)[C@H]1CC(N(Cc2ccc([N+](=O)[O-])cc2)Cc2cccs2)CCN1C(=O)c1cccs1. The van der Waals surface area contributed by atoms with Crippen LogP contribution in [0.25, 0.3) is 0 Å². The van der Waals surface area contributed by atoms with Crippen LogP contribution in [0.15, 0.2) is 59.3 Å². The molecule has 190 valence electrons. The average Bonchev–Trinajstić information content (AvgIpc) is 3.61. The van der Waals surface area contributed by atoms with E-state index in [2.05, 4.69) is 16.3 Å². The molecule has 2 amide bonds. The van der Waals surface area contributed by atoms with Gasteiger partial charge in [-0.3, -0.25) is 24.6 Å². The third kappa shape index (κ3) is 6.35. The smallest absolute Gasteiger partial charge is 0.269 e. The molecule has 1 saturated heterocycles. The Kier molecular flexibility index (Phi) is 8.81. The topological polar surface area (TPSA) is 122 Å². The molecule has 4 rings (SSSR count). The van der Waals surface area contributed by atoms with E-state index in [1.165, 1.54) is 28.3 Å². The lowest BCUT2D eigenvalue weighted by atomic mass is 9.94. The Morgan fingerprint density at radius 2 is 1.86 bits per heavy atom. The number of nitrogens with zero attached hydrogens (tertiary/aromatic N) is 3. The normalized spacial score (nSPS) is 17.8. The molecule has 0 spiro atoms. The number of nitrogens with two attached hydrogens (primary N) is 1. The van der Waals surface area contributed by atoms with Crippen molar-refractivity contribution in [3.8, 4) is 0 Å². The van der Waals surface area contributed by atoms with Crippen LogP contribution in [0.4, 0.5) is 5.69 Å². The molecule has 2 atom stereocenters. The molecule has 36 heavy (non-hydrogen) atoms. The lowest BCUT2D eigenvalue weighted by molar-refractivity contribution is -0.384. The number of thiophene rings is 2. The number of nitro groups is 1. The van der Waals surface area contributed by atoms with Crippen molar-refractivity contribution in [1.82, 2.24) is 15.1 Å². The second-order valence-corrected chi connectivity index (χ2v) is 10.6. The van der Waals surface area contributed by atoms with Crippen molar-refractivity contribution in [2.45, 2.75) is 38.0 Å². The Labute approximate surface area is 217 Å². The van der Waals surface area contributed by atoms with Gasteiger partial charge in [-0.1, -0.05) is 24.3 Å². The molecule has 0 saturated carbocycles. The van der Waals surface area contributed by atoms with Gasteiger partial charge in [0.2, 0.25) is 5.91 Å². The minimum absolute atomic E-state index is 0.0447. The van der Waals surface area contributed by atoms with Gasteiger partial charge in [-0.2, -0.15) is 0 Å². The maximum atomic E-state index is 13.2. The number of benzene rings is 1.